The molecule has 5 nitrogen and oxygen atoms in total. The summed E-state index contributed by atoms with van der Waals surface area (Å²) < 4.78 is 5.96. The van der Waals surface area contributed by atoms with Crippen LogP contribution in [0.25, 0.3) is 0 Å². The van der Waals surface area contributed by atoms with E-state index in [9.17, 15) is 4.79 Å². The van der Waals surface area contributed by atoms with Crippen molar-refractivity contribution in [2.24, 2.45) is 5.92 Å². The molecule has 1 saturated carbocycles. The van der Waals surface area contributed by atoms with Crippen LogP contribution in [0.5, 0.6) is 5.75 Å². The van der Waals surface area contributed by atoms with Crippen molar-refractivity contribution in [3.05, 3.63) is 24.5 Å². The minimum Gasteiger partial charge on any atom is -0.490 e. The highest BCUT2D eigenvalue weighted by Crippen LogP contribution is 2.24. The number of nitrogens with one attached hydrogen (secondary N) is 2. The monoisotopic (exact) mass is 375 g/mol. The fourth-order valence-electron chi connectivity index (χ4n) is 3.33. The van der Waals surface area contributed by atoms with Crippen LogP contribution in [0.4, 0.5) is 0 Å². The SMILES string of the molecule is Cl.Cl.O=C(N[C@H]1CC[C@H](Oc2ccncc2)CC1)[C@H]1CCCNC1. The summed E-state index contributed by atoms with van der Waals surface area (Å²) in [5, 5.41) is 6.53. The Hall–Kier alpha value is -1.04. The number of ether oxygens (including phenoxy) is 1. The van der Waals surface area contributed by atoms with E-state index in [2.05, 4.69) is 15.6 Å². The van der Waals surface area contributed by atoms with Gasteiger partial charge in [0.15, 0.2) is 0 Å². The van der Waals surface area contributed by atoms with E-state index in [1.165, 1.54) is 0 Å². The van der Waals surface area contributed by atoms with Crippen LogP contribution >= 0.6 is 24.8 Å². The first-order valence-electron chi connectivity index (χ1n) is 8.39. The van der Waals surface area contributed by atoms with E-state index in [0.29, 0.717) is 6.04 Å². The number of carbonyl (C=O) groups excluding carboxylic acids is 1. The zero-order chi connectivity index (χ0) is 15.2. The molecule has 0 bridgehead atoms. The molecule has 0 radical (unpaired) electrons. The van der Waals surface area contributed by atoms with Gasteiger partial charge in [0.05, 0.1) is 12.0 Å². The fraction of sp³-hybridized carbons (Fsp3) is 0.647. The van der Waals surface area contributed by atoms with Crippen molar-refractivity contribution in [3.63, 3.8) is 0 Å². The van der Waals surface area contributed by atoms with Gasteiger partial charge in [-0.15, -0.1) is 24.8 Å². The van der Waals surface area contributed by atoms with Gasteiger partial charge >= 0.3 is 0 Å². The summed E-state index contributed by atoms with van der Waals surface area (Å²) in [5.41, 5.74) is 0. The first-order chi connectivity index (χ1) is 10.8. The molecule has 2 fully saturated rings. The van der Waals surface area contributed by atoms with Crippen molar-refractivity contribution in [1.29, 1.82) is 0 Å². The Morgan fingerprint density at radius 2 is 1.83 bits per heavy atom. The number of nitrogens with zero attached hydrogens (tertiary/aromatic N) is 1. The third-order valence-electron chi connectivity index (χ3n) is 4.64. The van der Waals surface area contributed by atoms with E-state index in [1.54, 1.807) is 12.4 Å². The van der Waals surface area contributed by atoms with E-state index < -0.39 is 0 Å². The molecule has 2 N–H and O–H groups in total. The van der Waals surface area contributed by atoms with E-state index >= 15 is 0 Å². The Labute approximate surface area is 156 Å². The topological polar surface area (TPSA) is 63.2 Å². The molecule has 2 aliphatic rings. The van der Waals surface area contributed by atoms with Crippen molar-refractivity contribution >= 4 is 30.7 Å². The number of hydrogen-bond acceptors (Lipinski definition) is 4. The van der Waals surface area contributed by atoms with Crippen molar-refractivity contribution in [2.45, 2.75) is 50.7 Å². The Bertz CT molecular complexity index is 476. The lowest BCUT2D eigenvalue weighted by Gasteiger charge is -2.31. The number of aromatic nitrogens is 1. The molecule has 136 valence electrons. The lowest BCUT2D eigenvalue weighted by molar-refractivity contribution is -0.126. The molecule has 1 aliphatic heterocycles. The lowest BCUT2D eigenvalue weighted by atomic mass is 9.91. The second-order valence-corrected chi connectivity index (χ2v) is 6.33. The summed E-state index contributed by atoms with van der Waals surface area (Å²) in [6.07, 6.45) is 9.87. The summed E-state index contributed by atoms with van der Waals surface area (Å²) in [6, 6.07) is 4.10. The quantitative estimate of drug-likeness (QED) is 0.848. The lowest BCUT2D eigenvalue weighted by Crippen LogP contribution is -2.46. The molecule has 0 unspecified atom stereocenters. The van der Waals surface area contributed by atoms with Crippen molar-refractivity contribution < 1.29 is 9.53 Å². The molecule has 1 aromatic heterocycles. The maximum absolute atomic E-state index is 12.2. The second kappa shape index (κ2) is 10.7. The standard InChI is InChI=1S/C17H25N3O2.2ClH/c21-17(13-2-1-9-19-12-13)20-14-3-5-15(6-4-14)22-16-7-10-18-11-8-16;;/h7-8,10-11,13-15,19H,1-6,9,12H2,(H,20,21);2*1H/t13-,14-,15-;;/m0../s1. The molecule has 1 saturated heterocycles. The van der Waals surface area contributed by atoms with Gasteiger partial charge in [-0.1, -0.05) is 0 Å². The van der Waals surface area contributed by atoms with Crippen LogP contribution in [0.15, 0.2) is 24.5 Å². The van der Waals surface area contributed by atoms with E-state index in [-0.39, 0.29) is 42.7 Å². The normalized spacial score (nSPS) is 26.4. The van der Waals surface area contributed by atoms with Crippen LogP contribution in [0.1, 0.15) is 38.5 Å². The first kappa shape index (κ1) is 21.0. The highest BCUT2D eigenvalue weighted by atomic mass is 35.5. The predicted molar refractivity (Wildman–Crippen MR) is 99.1 cm³/mol. The van der Waals surface area contributed by atoms with Crippen LogP contribution in [0.2, 0.25) is 0 Å². The third kappa shape index (κ3) is 6.11. The Morgan fingerprint density at radius 1 is 1.12 bits per heavy atom. The summed E-state index contributed by atoms with van der Waals surface area (Å²) in [4.78, 5) is 16.2. The number of pyridine rings is 1. The third-order valence-corrected chi connectivity index (χ3v) is 4.64. The number of carbonyl (C=O) groups is 1. The molecule has 24 heavy (non-hydrogen) atoms. The zero-order valence-electron chi connectivity index (χ0n) is 13.8. The van der Waals surface area contributed by atoms with Crippen LogP contribution in [-0.4, -0.2) is 36.1 Å². The van der Waals surface area contributed by atoms with Gasteiger partial charge in [0.2, 0.25) is 5.91 Å². The van der Waals surface area contributed by atoms with Crippen molar-refractivity contribution in [2.75, 3.05) is 13.1 Å². The molecular weight excluding hydrogens is 349 g/mol. The number of piperidine rings is 1. The molecule has 1 amide bonds. The minimum atomic E-state index is 0. The highest BCUT2D eigenvalue weighted by Gasteiger charge is 2.27. The Morgan fingerprint density at radius 3 is 2.46 bits per heavy atom. The van der Waals surface area contributed by atoms with Gasteiger partial charge < -0.3 is 15.4 Å². The molecule has 7 heteroatoms. The molecule has 1 aliphatic carbocycles. The summed E-state index contributed by atoms with van der Waals surface area (Å²) in [6.45, 7) is 1.87. The van der Waals surface area contributed by atoms with Gasteiger partial charge in [0.25, 0.3) is 0 Å². The average Bonchev–Trinajstić information content (AvgIpc) is 2.58. The van der Waals surface area contributed by atoms with E-state index in [1.807, 2.05) is 12.1 Å². The van der Waals surface area contributed by atoms with Crippen LogP contribution < -0.4 is 15.4 Å². The number of hydrogen-bond donors (Lipinski definition) is 2. The number of halogens is 2. The van der Waals surface area contributed by atoms with E-state index in [4.69, 9.17) is 4.74 Å². The predicted octanol–water partition coefficient (Wildman–Crippen LogP) is 2.73. The van der Waals surface area contributed by atoms with E-state index in [0.717, 1.165) is 57.4 Å². The molecule has 1 atom stereocenters. The maximum Gasteiger partial charge on any atom is 0.224 e. The fourth-order valence-corrected chi connectivity index (χ4v) is 3.33. The molecule has 2 heterocycles. The Balaban J connectivity index is 0.00000144. The van der Waals surface area contributed by atoms with Gasteiger partial charge in [-0.05, 0) is 57.2 Å². The summed E-state index contributed by atoms with van der Waals surface area (Å²) in [7, 11) is 0. The second-order valence-electron chi connectivity index (χ2n) is 6.33. The summed E-state index contributed by atoms with van der Waals surface area (Å²) >= 11 is 0. The number of amides is 1. The number of rotatable bonds is 4. The van der Waals surface area contributed by atoms with Gasteiger partial charge in [-0.3, -0.25) is 9.78 Å². The van der Waals surface area contributed by atoms with Crippen LogP contribution in [0.3, 0.4) is 0 Å². The van der Waals surface area contributed by atoms with Crippen LogP contribution in [0, 0.1) is 5.92 Å². The minimum absolute atomic E-state index is 0. The average molecular weight is 376 g/mol. The zero-order valence-corrected chi connectivity index (χ0v) is 15.4. The molecule has 0 spiro atoms. The van der Waals surface area contributed by atoms with Gasteiger partial charge in [-0.25, -0.2) is 0 Å². The largest absolute Gasteiger partial charge is 0.490 e. The van der Waals surface area contributed by atoms with Crippen LogP contribution in [-0.2, 0) is 4.79 Å². The molecular formula is C17H27Cl2N3O2. The van der Waals surface area contributed by atoms with Crippen molar-refractivity contribution in [1.82, 2.24) is 15.6 Å². The van der Waals surface area contributed by atoms with Gasteiger partial charge in [-0.2, -0.15) is 0 Å². The Kier molecular flexibility index (Phi) is 9.41. The highest BCUT2D eigenvalue weighted by molar-refractivity contribution is 5.85. The van der Waals surface area contributed by atoms with Gasteiger partial charge in [0, 0.05) is 25.0 Å². The maximum atomic E-state index is 12.2. The first-order valence-corrected chi connectivity index (χ1v) is 8.39. The molecule has 0 aromatic carbocycles. The smallest absolute Gasteiger partial charge is 0.224 e. The summed E-state index contributed by atoms with van der Waals surface area (Å²) in [5.74, 6) is 1.26. The molecule has 1 aromatic rings. The van der Waals surface area contributed by atoms with Crippen molar-refractivity contribution in [3.8, 4) is 5.75 Å². The van der Waals surface area contributed by atoms with Gasteiger partial charge in [0.1, 0.15) is 5.75 Å². The molecule has 3 rings (SSSR count).